The molecular weight excluding hydrogens is 444 g/mol. The fraction of sp³-hybridized carbons (Fsp3) is 0.522. The van der Waals surface area contributed by atoms with Crippen LogP contribution in [0.1, 0.15) is 70.1 Å². The molecule has 0 spiro atoms. The number of nitrogens with zero attached hydrogens (tertiary/aromatic N) is 2. The Bertz CT molecular complexity index is 1160. The van der Waals surface area contributed by atoms with E-state index in [-0.39, 0.29) is 23.0 Å². The van der Waals surface area contributed by atoms with E-state index in [4.69, 9.17) is 4.74 Å². The third-order valence-corrected chi connectivity index (χ3v) is 6.82. The highest BCUT2D eigenvalue weighted by molar-refractivity contribution is 7.91. The predicted octanol–water partition coefficient (Wildman–Crippen LogP) is 4.14. The van der Waals surface area contributed by atoms with Gasteiger partial charge < -0.3 is 10.1 Å². The summed E-state index contributed by atoms with van der Waals surface area (Å²) in [6, 6.07) is 7.94. The van der Waals surface area contributed by atoms with Crippen LogP contribution in [0.2, 0.25) is 0 Å². The summed E-state index contributed by atoms with van der Waals surface area (Å²) < 4.78 is 30.9. The summed E-state index contributed by atoms with van der Waals surface area (Å²) >= 11 is 0. The van der Waals surface area contributed by atoms with E-state index in [0.717, 1.165) is 5.69 Å². The molecule has 2 aromatic rings. The van der Waals surface area contributed by atoms with Gasteiger partial charge in [-0.25, -0.2) is 17.9 Å². The minimum atomic E-state index is -3.12. The van der Waals surface area contributed by atoms with Crippen molar-refractivity contribution in [1.29, 1.82) is 0 Å². The Hall–Kier alpha value is -2.88. The number of sulfone groups is 1. The first-order valence-electron chi connectivity index (χ1n) is 10.8. The van der Waals surface area contributed by atoms with Gasteiger partial charge in [-0.05, 0) is 45.4 Å². The van der Waals surface area contributed by atoms with Crippen LogP contribution in [0.15, 0.2) is 30.3 Å². The van der Waals surface area contributed by atoms with Crippen LogP contribution >= 0.6 is 0 Å². The summed E-state index contributed by atoms with van der Waals surface area (Å²) in [6.45, 7) is 11.3. The van der Waals surface area contributed by atoms with E-state index in [1.165, 1.54) is 0 Å². The van der Waals surface area contributed by atoms with Gasteiger partial charge >= 0.3 is 6.09 Å². The van der Waals surface area contributed by atoms with Gasteiger partial charge in [0.1, 0.15) is 11.4 Å². The molecule has 9 nitrogen and oxygen atoms in total. The number of aromatic nitrogens is 2. The quantitative estimate of drug-likeness (QED) is 0.684. The van der Waals surface area contributed by atoms with Crippen LogP contribution in [0.5, 0.6) is 0 Å². The minimum absolute atomic E-state index is 0.00354. The van der Waals surface area contributed by atoms with Crippen LogP contribution in [0.25, 0.3) is 0 Å². The van der Waals surface area contributed by atoms with Crippen molar-refractivity contribution in [1.82, 2.24) is 9.78 Å². The second kappa shape index (κ2) is 8.81. The maximum Gasteiger partial charge on any atom is 0.412 e. The minimum Gasteiger partial charge on any atom is -0.444 e. The molecule has 0 radical (unpaired) electrons. The summed E-state index contributed by atoms with van der Waals surface area (Å²) in [7, 11) is -3.12. The van der Waals surface area contributed by atoms with E-state index in [9.17, 15) is 18.0 Å². The lowest BCUT2D eigenvalue weighted by Crippen LogP contribution is -2.27. The molecule has 33 heavy (non-hydrogen) atoms. The maximum absolute atomic E-state index is 13.0. The fourth-order valence-corrected chi connectivity index (χ4v) is 5.14. The number of rotatable bonds is 4. The standard InChI is InChI=1S/C23H32N4O5S/c1-22(2,3)18-13-19(27(26-18)17-10-11-33(30,31)14-17)25-20(28)15-8-7-9-16(12-15)24-21(29)32-23(4,5)6/h7-9,12-13,17H,10-11,14H2,1-6H3,(H,24,29)(H,25,28)/t17-/m1/s1. The zero-order chi connectivity index (χ0) is 24.6. The Labute approximate surface area is 194 Å². The average molecular weight is 477 g/mol. The molecule has 2 amide bonds. The van der Waals surface area contributed by atoms with Gasteiger partial charge in [-0.15, -0.1) is 0 Å². The van der Waals surface area contributed by atoms with Crippen molar-refractivity contribution in [2.45, 2.75) is 65.0 Å². The lowest BCUT2D eigenvalue weighted by molar-refractivity contribution is 0.0635. The zero-order valence-corrected chi connectivity index (χ0v) is 20.7. The number of benzene rings is 1. The molecule has 1 saturated heterocycles. The number of anilines is 2. The van der Waals surface area contributed by atoms with Crippen LogP contribution < -0.4 is 10.6 Å². The Morgan fingerprint density at radius 2 is 1.79 bits per heavy atom. The SMILES string of the molecule is CC(C)(C)OC(=O)Nc1cccc(C(=O)Nc2cc(C(C)(C)C)nn2[C@@H]2CCS(=O)(=O)C2)c1. The second-order valence-electron chi connectivity index (χ2n) is 10.3. The molecule has 1 aromatic carbocycles. The third-order valence-electron chi connectivity index (χ3n) is 5.07. The van der Waals surface area contributed by atoms with Crippen molar-refractivity contribution in [3.8, 4) is 0 Å². The number of hydrogen-bond acceptors (Lipinski definition) is 6. The molecule has 2 N–H and O–H groups in total. The Morgan fingerprint density at radius 3 is 2.36 bits per heavy atom. The summed E-state index contributed by atoms with van der Waals surface area (Å²) in [5.74, 6) is 0.146. The molecule has 180 valence electrons. The highest BCUT2D eigenvalue weighted by Gasteiger charge is 2.33. The van der Waals surface area contributed by atoms with Crippen molar-refractivity contribution < 1.29 is 22.7 Å². The predicted molar refractivity (Wildman–Crippen MR) is 127 cm³/mol. The van der Waals surface area contributed by atoms with E-state index < -0.39 is 27.4 Å². The molecule has 0 saturated carbocycles. The summed E-state index contributed by atoms with van der Waals surface area (Å²) in [5.41, 5.74) is 0.577. The van der Waals surface area contributed by atoms with Crippen molar-refractivity contribution in [2.24, 2.45) is 0 Å². The molecule has 2 heterocycles. The summed E-state index contributed by atoms with van der Waals surface area (Å²) in [6.07, 6.45) is -0.165. The van der Waals surface area contributed by atoms with Crippen molar-refractivity contribution in [3.05, 3.63) is 41.6 Å². The van der Waals surface area contributed by atoms with Gasteiger partial charge in [0, 0.05) is 22.7 Å². The van der Waals surface area contributed by atoms with Gasteiger partial charge in [0.15, 0.2) is 9.84 Å². The van der Waals surface area contributed by atoms with E-state index in [0.29, 0.717) is 23.5 Å². The molecule has 1 atom stereocenters. The molecule has 0 unspecified atom stereocenters. The van der Waals surface area contributed by atoms with Crippen LogP contribution in [0.3, 0.4) is 0 Å². The first kappa shape index (κ1) is 24.8. The number of amides is 2. The average Bonchev–Trinajstić information content (AvgIpc) is 3.23. The van der Waals surface area contributed by atoms with Crippen molar-refractivity contribution in [3.63, 3.8) is 0 Å². The van der Waals surface area contributed by atoms with Gasteiger partial charge in [-0.2, -0.15) is 5.10 Å². The van der Waals surface area contributed by atoms with E-state index >= 15 is 0 Å². The summed E-state index contributed by atoms with van der Waals surface area (Å²) in [5, 5.41) is 10.1. The number of carbonyl (C=O) groups is 2. The lowest BCUT2D eigenvalue weighted by Gasteiger charge is -2.19. The summed E-state index contributed by atoms with van der Waals surface area (Å²) in [4.78, 5) is 25.1. The van der Waals surface area contributed by atoms with Crippen LogP contribution in [0, 0.1) is 0 Å². The topological polar surface area (TPSA) is 119 Å². The molecule has 1 aliphatic heterocycles. The number of carbonyl (C=O) groups excluding carboxylic acids is 2. The first-order valence-corrected chi connectivity index (χ1v) is 12.7. The van der Waals surface area contributed by atoms with Gasteiger partial charge in [-0.3, -0.25) is 10.1 Å². The third kappa shape index (κ3) is 6.56. The number of ether oxygens (including phenoxy) is 1. The van der Waals surface area contributed by atoms with Crippen molar-refractivity contribution in [2.75, 3.05) is 22.1 Å². The Morgan fingerprint density at radius 1 is 1.09 bits per heavy atom. The highest BCUT2D eigenvalue weighted by Crippen LogP contribution is 2.31. The first-order chi connectivity index (χ1) is 15.1. The number of hydrogen-bond donors (Lipinski definition) is 2. The van der Waals surface area contributed by atoms with Crippen molar-refractivity contribution >= 4 is 33.3 Å². The molecule has 3 rings (SSSR count). The second-order valence-corrected chi connectivity index (χ2v) is 12.6. The molecule has 0 bridgehead atoms. The largest absolute Gasteiger partial charge is 0.444 e. The monoisotopic (exact) mass is 476 g/mol. The molecule has 10 heteroatoms. The van der Waals surface area contributed by atoms with E-state index in [2.05, 4.69) is 15.7 Å². The smallest absolute Gasteiger partial charge is 0.412 e. The van der Waals surface area contributed by atoms with Crippen LogP contribution in [-0.4, -0.2) is 47.3 Å². The lowest BCUT2D eigenvalue weighted by atomic mass is 9.92. The highest BCUT2D eigenvalue weighted by atomic mass is 32.2. The van der Waals surface area contributed by atoms with Crippen LogP contribution in [-0.2, 0) is 20.0 Å². The number of nitrogens with one attached hydrogen (secondary N) is 2. The Balaban J connectivity index is 1.82. The van der Waals surface area contributed by atoms with Gasteiger partial charge in [0.25, 0.3) is 5.91 Å². The molecular formula is C23H32N4O5S. The molecule has 0 aliphatic carbocycles. The maximum atomic E-state index is 13.0. The normalized spacial score (nSPS) is 18.1. The molecule has 1 fully saturated rings. The fourth-order valence-electron chi connectivity index (χ4n) is 3.45. The molecule has 1 aliphatic rings. The van der Waals surface area contributed by atoms with Gasteiger partial charge in [0.2, 0.25) is 0 Å². The zero-order valence-electron chi connectivity index (χ0n) is 19.9. The molecule has 1 aromatic heterocycles. The van der Waals surface area contributed by atoms with Gasteiger partial charge in [0.05, 0.1) is 23.2 Å². The van der Waals surface area contributed by atoms with E-state index in [1.54, 1.807) is 55.8 Å². The Kier molecular flexibility index (Phi) is 6.61. The van der Waals surface area contributed by atoms with E-state index in [1.807, 2.05) is 20.8 Å². The van der Waals surface area contributed by atoms with Crippen LogP contribution in [0.4, 0.5) is 16.3 Å². The van der Waals surface area contributed by atoms with Gasteiger partial charge in [-0.1, -0.05) is 26.8 Å².